The number of hydrogen-bond donors (Lipinski definition) is 0. The summed E-state index contributed by atoms with van der Waals surface area (Å²) in [5.74, 6) is -0.644. The van der Waals surface area contributed by atoms with E-state index in [4.69, 9.17) is 14.5 Å². The summed E-state index contributed by atoms with van der Waals surface area (Å²) in [6.45, 7) is 8.93. The second-order valence-electron chi connectivity index (χ2n) is 10.7. The second-order valence-corrected chi connectivity index (χ2v) is 10.7. The van der Waals surface area contributed by atoms with Crippen molar-refractivity contribution in [2.45, 2.75) is 39.3 Å². The number of morpholine rings is 1. The van der Waals surface area contributed by atoms with E-state index in [2.05, 4.69) is 5.10 Å². The van der Waals surface area contributed by atoms with E-state index in [-0.39, 0.29) is 43.1 Å². The molecule has 4 rings (SSSR count). The van der Waals surface area contributed by atoms with Gasteiger partial charge in [-0.3, -0.25) is 19.3 Å². The average molecular weight is 527 g/mol. The first-order valence-corrected chi connectivity index (χ1v) is 13.0. The van der Waals surface area contributed by atoms with Gasteiger partial charge < -0.3 is 19.3 Å². The van der Waals surface area contributed by atoms with Crippen molar-refractivity contribution in [3.05, 3.63) is 41.7 Å². The molecule has 2 aliphatic heterocycles. The molecule has 0 N–H and O–H groups in total. The van der Waals surface area contributed by atoms with Gasteiger partial charge in [0.1, 0.15) is 5.92 Å². The molecule has 0 radical (unpaired) electrons. The number of benzene rings is 1. The molecule has 2 saturated heterocycles. The Kier molecular flexibility index (Phi) is 8.59. The number of anilines is 1. The normalized spacial score (nSPS) is 20.7. The Morgan fingerprint density at radius 3 is 2.53 bits per heavy atom. The summed E-state index contributed by atoms with van der Waals surface area (Å²) in [6.07, 6.45) is 0. The number of methoxy groups -OCH3 is 1. The van der Waals surface area contributed by atoms with Crippen LogP contribution in [0.3, 0.4) is 0 Å². The van der Waals surface area contributed by atoms with Crippen LogP contribution in [0.4, 0.5) is 5.95 Å². The Balaban J connectivity index is 1.62. The van der Waals surface area contributed by atoms with E-state index in [1.807, 2.05) is 54.1 Å². The molecule has 2 atom stereocenters. The highest BCUT2D eigenvalue weighted by Gasteiger charge is 2.45. The predicted octanol–water partition coefficient (Wildman–Crippen LogP) is 1.44. The summed E-state index contributed by atoms with van der Waals surface area (Å²) in [5.41, 5.74) is 0.174. The van der Waals surface area contributed by atoms with E-state index < -0.39 is 17.4 Å². The number of amides is 1. The summed E-state index contributed by atoms with van der Waals surface area (Å²) in [4.78, 5) is 50.1. The van der Waals surface area contributed by atoms with Gasteiger partial charge in [0.15, 0.2) is 11.6 Å². The van der Waals surface area contributed by atoms with Crippen molar-refractivity contribution in [3.63, 3.8) is 0 Å². The highest BCUT2D eigenvalue weighted by atomic mass is 16.5. The lowest BCUT2D eigenvalue weighted by Gasteiger charge is -2.29. The van der Waals surface area contributed by atoms with Gasteiger partial charge in [0.2, 0.25) is 11.9 Å². The number of hydrogen-bond acceptors (Lipinski definition) is 9. The molecule has 2 unspecified atom stereocenters. The lowest BCUT2D eigenvalue weighted by molar-refractivity contribution is -0.135. The molecule has 1 aromatic heterocycles. The van der Waals surface area contributed by atoms with Crippen molar-refractivity contribution in [1.29, 1.82) is 0 Å². The Hall–Kier alpha value is -3.15. The van der Waals surface area contributed by atoms with Gasteiger partial charge in [-0.25, -0.2) is 0 Å². The highest BCUT2D eigenvalue weighted by Crippen LogP contribution is 2.32. The topological polar surface area (TPSA) is 110 Å². The minimum atomic E-state index is -0.868. The Morgan fingerprint density at radius 1 is 1.18 bits per heavy atom. The van der Waals surface area contributed by atoms with E-state index in [9.17, 15) is 14.4 Å². The van der Waals surface area contributed by atoms with Gasteiger partial charge in [0, 0.05) is 39.8 Å². The van der Waals surface area contributed by atoms with Crippen LogP contribution in [0, 0.1) is 5.41 Å². The monoisotopic (exact) mass is 526 g/mol. The number of carbonyl (C=O) groups is 3. The molecule has 0 saturated carbocycles. The highest BCUT2D eigenvalue weighted by molar-refractivity contribution is 5.95. The summed E-state index contributed by atoms with van der Waals surface area (Å²) < 4.78 is 11.9. The molecule has 0 aliphatic carbocycles. The van der Waals surface area contributed by atoms with E-state index in [0.29, 0.717) is 38.8 Å². The first-order valence-electron chi connectivity index (χ1n) is 13.0. The van der Waals surface area contributed by atoms with Crippen molar-refractivity contribution in [2.75, 3.05) is 65.1 Å². The van der Waals surface area contributed by atoms with Crippen LogP contribution in [0.25, 0.3) is 0 Å². The number of ketones is 1. The molecule has 1 aromatic carbocycles. The van der Waals surface area contributed by atoms with Crippen molar-refractivity contribution >= 4 is 23.5 Å². The maximum Gasteiger partial charge on any atom is 0.258 e. The zero-order valence-electron chi connectivity index (χ0n) is 22.9. The maximum atomic E-state index is 13.6. The van der Waals surface area contributed by atoms with E-state index in [1.165, 1.54) is 4.68 Å². The molecule has 11 heteroatoms. The number of Topliss-reactive ketones (excluding diaryl/α,β-unsaturated/α-hetero) is 1. The minimum absolute atomic E-state index is 0.00183. The van der Waals surface area contributed by atoms with E-state index >= 15 is 0 Å². The predicted molar refractivity (Wildman–Crippen MR) is 141 cm³/mol. The summed E-state index contributed by atoms with van der Waals surface area (Å²) >= 11 is 0. The number of carbonyl (C=O) groups excluding carboxylic acids is 3. The molecular weight excluding hydrogens is 488 g/mol. The number of rotatable bonds is 9. The first-order chi connectivity index (χ1) is 18.1. The molecule has 38 heavy (non-hydrogen) atoms. The molecule has 3 heterocycles. The van der Waals surface area contributed by atoms with Gasteiger partial charge in [-0.2, -0.15) is 9.67 Å². The average Bonchev–Trinajstić information content (AvgIpc) is 3.45. The molecule has 0 bridgehead atoms. The van der Waals surface area contributed by atoms with Crippen molar-refractivity contribution in [1.82, 2.24) is 24.6 Å². The Morgan fingerprint density at radius 2 is 1.87 bits per heavy atom. The van der Waals surface area contributed by atoms with E-state index in [0.717, 1.165) is 5.56 Å². The van der Waals surface area contributed by atoms with Crippen LogP contribution < -0.4 is 4.90 Å². The van der Waals surface area contributed by atoms with Crippen LogP contribution >= 0.6 is 0 Å². The standard InChI is InChI=1S/C27H38N6O5/c1-19-23(21(34)16-32(19)22(35)17-31-11-13-38-14-12-31)24-28-26(30(4)15-20-9-7-6-8-10-20)33(29-24)25(36)27(2,3)18-37-5/h6-10,19,23H,11-18H2,1-5H3. The zero-order chi connectivity index (χ0) is 27.4. The molecule has 2 aliphatic rings. The first kappa shape index (κ1) is 27.9. The summed E-state index contributed by atoms with van der Waals surface area (Å²) in [6, 6.07) is 9.41. The molecule has 206 valence electrons. The second kappa shape index (κ2) is 11.7. The molecule has 1 amide bonds. The van der Waals surface area contributed by atoms with Crippen LogP contribution in [0.15, 0.2) is 30.3 Å². The quantitative estimate of drug-likeness (QED) is 0.479. The lowest BCUT2D eigenvalue weighted by Crippen LogP contribution is -2.46. The van der Waals surface area contributed by atoms with Gasteiger partial charge in [-0.15, -0.1) is 5.10 Å². The Labute approximate surface area is 223 Å². The fourth-order valence-electron chi connectivity index (χ4n) is 5.05. The third kappa shape index (κ3) is 5.95. The molecule has 11 nitrogen and oxygen atoms in total. The van der Waals surface area contributed by atoms with Crippen LogP contribution in [-0.2, 0) is 25.6 Å². The molecule has 2 fully saturated rings. The van der Waals surface area contributed by atoms with Crippen LogP contribution in [0.2, 0.25) is 0 Å². The lowest BCUT2D eigenvalue weighted by atomic mass is 9.94. The summed E-state index contributed by atoms with van der Waals surface area (Å²) in [5, 5.41) is 4.59. The number of nitrogens with zero attached hydrogens (tertiary/aromatic N) is 6. The number of likely N-dealkylation sites (tertiary alicyclic amines) is 1. The van der Waals surface area contributed by atoms with Gasteiger partial charge in [0.05, 0.1) is 38.3 Å². The number of aromatic nitrogens is 3. The molecular formula is C27H38N6O5. The van der Waals surface area contributed by atoms with Gasteiger partial charge in [0.25, 0.3) is 5.91 Å². The third-order valence-corrected chi connectivity index (χ3v) is 7.20. The third-order valence-electron chi connectivity index (χ3n) is 7.20. The molecule has 0 spiro atoms. The summed E-state index contributed by atoms with van der Waals surface area (Å²) in [7, 11) is 3.39. The Bertz CT molecular complexity index is 1140. The smallest absolute Gasteiger partial charge is 0.258 e. The fourth-order valence-corrected chi connectivity index (χ4v) is 5.05. The number of ether oxygens (including phenoxy) is 2. The van der Waals surface area contributed by atoms with Crippen molar-refractivity contribution in [3.8, 4) is 0 Å². The fraction of sp³-hybridized carbons (Fsp3) is 0.593. The van der Waals surface area contributed by atoms with Gasteiger partial charge >= 0.3 is 0 Å². The van der Waals surface area contributed by atoms with Gasteiger partial charge in [-0.05, 0) is 26.3 Å². The van der Waals surface area contributed by atoms with Crippen LogP contribution in [-0.4, -0.2) is 108 Å². The molecule has 2 aromatic rings. The van der Waals surface area contributed by atoms with E-state index in [1.54, 1.807) is 25.9 Å². The zero-order valence-corrected chi connectivity index (χ0v) is 22.9. The van der Waals surface area contributed by atoms with Gasteiger partial charge in [-0.1, -0.05) is 30.3 Å². The van der Waals surface area contributed by atoms with Crippen LogP contribution in [0.1, 0.15) is 42.9 Å². The minimum Gasteiger partial charge on any atom is -0.384 e. The van der Waals surface area contributed by atoms with Crippen molar-refractivity contribution in [2.24, 2.45) is 5.41 Å². The SMILES string of the molecule is COCC(C)(C)C(=O)n1nc(C2C(=O)CN(C(=O)CN3CCOCC3)C2C)nc1N(C)Cc1ccccc1. The largest absolute Gasteiger partial charge is 0.384 e. The van der Waals surface area contributed by atoms with Crippen LogP contribution in [0.5, 0.6) is 0 Å². The van der Waals surface area contributed by atoms with Crippen molar-refractivity contribution < 1.29 is 23.9 Å². The maximum absolute atomic E-state index is 13.6.